The van der Waals surface area contributed by atoms with Crippen LogP contribution in [0.4, 0.5) is 4.39 Å². The van der Waals surface area contributed by atoms with E-state index in [0.29, 0.717) is 11.3 Å². The van der Waals surface area contributed by atoms with Crippen LogP contribution in [0.5, 0.6) is 5.75 Å². The fourth-order valence-corrected chi connectivity index (χ4v) is 2.29. The van der Waals surface area contributed by atoms with Crippen LogP contribution in [0.25, 0.3) is 11.6 Å². The first-order valence-electron chi connectivity index (χ1n) is 6.52. The Morgan fingerprint density at radius 3 is 2.74 bits per heavy atom. The van der Waals surface area contributed by atoms with Gasteiger partial charge in [0.1, 0.15) is 11.6 Å². The Hall–Kier alpha value is -2.65. The summed E-state index contributed by atoms with van der Waals surface area (Å²) in [7, 11) is 0. The fourth-order valence-electron chi connectivity index (χ4n) is 1.91. The standard InChI is InChI=1S/C17H11BrFNO3/c18-13-5-6-16(23-10-17(21)22)11(8-13)7-12(9-20)14-3-1-2-4-15(14)19/h1-8H,10H2,(H,21,22)/b12-7-. The predicted octanol–water partition coefficient (Wildman–Crippen LogP) is 4.12. The number of halogens is 2. The van der Waals surface area contributed by atoms with Crippen LogP contribution in [0.15, 0.2) is 46.9 Å². The molecule has 0 fully saturated rings. The molecule has 0 atom stereocenters. The van der Waals surface area contributed by atoms with Gasteiger partial charge in [0.25, 0.3) is 0 Å². The molecule has 4 nitrogen and oxygen atoms in total. The van der Waals surface area contributed by atoms with E-state index in [1.807, 2.05) is 6.07 Å². The van der Waals surface area contributed by atoms with Crippen LogP contribution < -0.4 is 4.74 Å². The second-order valence-corrected chi connectivity index (χ2v) is 5.43. The summed E-state index contributed by atoms with van der Waals surface area (Å²) in [6, 6.07) is 12.8. The van der Waals surface area contributed by atoms with Crippen molar-refractivity contribution in [2.45, 2.75) is 0 Å². The van der Waals surface area contributed by atoms with Crippen LogP contribution in [-0.2, 0) is 4.79 Å². The van der Waals surface area contributed by atoms with Gasteiger partial charge in [-0.25, -0.2) is 9.18 Å². The molecule has 2 rings (SSSR count). The molecule has 0 amide bonds. The lowest BCUT2D eigenvalue weighted by Gasteiger charge is -2.09. The van der Waals surface area contributed by atoms with Crippen molar-refractivity contribution < 1.29 is 19.0 Å². The minimum atomic E-state index is -1.11. The molecule has 116 valence electrons. The average molecular weight is 376 g/mol. The zero-order valence-electron chi connectivity index (χ0n) is 11.8. The number of nitrogens with zero attached hydrogens (tertiary/aromatic N) is 1. The van der Waals surface area contributed by atoms with E-state index < -0.39 is 18.4 Å². The molecule has 1 N–H and O–H groups in total. The van der Waals surface area contributed by atoms with Crippen LogP contribution in [0.1, 0.15) is 11.1 Å². The summed E-state index contributed by atoms with van der Waals surface area (Å²) in [5.41, 5.74) is 0.751. The zero-order chi connectivity index (χ0) is 16.8. The maximum atomic E-state index is 13.9. The molecular weight excluding hydrogens is 365 g/mol. The van der Waals surface area contributed by atoms with Crippen molar-refractivity contribution in [1.29, 1.82) is 5.26 Å². The summed E-state index contributed by atoms with van der Waals surface area (Å²) in [5, 5.41) is 18.0. The van der Waals surface area contributed by atoms with E-state index in [9.17, 15) is 14.4 Å². The summed E-state index contributed by atoms with van der Waals surface area (Å²) in [6.45, 7) is -0.510. The number of carboxylic acid groups (broad SMARTS) is 1. The van der Waals surface area contributed by atoms with E-state index in [1.165, 1.54) is 24.3 Å². The SMILES string of the molecule is N#C/C(=C/c1cc(Br)ccc1OCC(=O)O)c1ccccc1F. The number of carboxylic acids is 1. The highest BCUT2D eigenvalue weighted by atomic mass is 79.9. The largest absolute Gasteiger partial charge is 0.481 e. The number of allylic oxidation sites excluding steroid dienone is 1. The number of rotatable bonds is 5. The number of nitriles is 1. The van der Waals surface area contributed by atoms with Crippen LogP contribution in [-0.4, -0.2) is 17.7 Å². The molecule has 0 unspecified atom stereocenters. The van der Waals surface area contributed by atoms with Gasteiger partial charge in [0.2, 0.25) is 0 Å². The Balaban J connectivity index is 2.47. The molecule has 0 radical (unpaired) electrons. The maximum absolute atomic E-state index is 13.9. The Labute approximate surface area is 140 Å². The smallest absolute Gasteiger partial charge is 0.341 e. The van der Waals surface area contributed by atoms with Crippen molar-refractivity contribution in [2.75, 3.05) is 6.61 Å². The molecule has 0 aromatic heterocycles. The van der Waals surface area contributed by atoms with E-state index in [2.05, 4.69) is 15.9 Å². The van der Waals surface area contributed by atoms with Crippen LogP contribution >= 0.6 is 15.9 Å². The van der Waals surface area contributed by atoms with Gasteiger partial charge in [-0.15, -0.1) is 0 Å². The highest BCUT2D eigenvalue weighted by molar-refractivity contribution is 9.10. The normalized spacial score (nSPS) is 10.9. The Morgan fingerprint density at radius 2 is 2.09 bits per heavy atom. The van der Waals surface area contributed by atoms with Gasteiger partial charge in [-0.05, 0) is 30.3 Å². The van der Waals surface area contributed by atoms with Gasteiger partial charge in [0, 0.05) is 15.6 Å². The van der Waals surface area contributed by atoms with Crippen molar-refractivity contribution >= 4 is 33.5 Å². The summed E-state index contributed by atoms with van der Waals surface area (Å²) in [4.78, 5) is 10.6. The average Bonchev–Trinajstić information content (AvgIpc) is 2.52. The first kappa shape index (κ1) is 16.7. The molecule has 0 saturated heterocycles. The Morgan fingerprint density at radius 1 is 1.35 bits per heavy atom. The van der Waals surface area contributed by atoms with E-state index in [4.69, 9.17) is 9.84 Å². The highest BCUT2D eigenvalue weighted by Gasteiger charge is 2.10. The van der Waals surface area contributed by atoms with Crippen molar-refractivity contribution in [3.63, 3.8) is 0 Å². The monoisotopic (exact) mass is 375 g/mol. The number of ether oxygens (including phenoxy) is 1. The van der Waals surface area contributed by atoms with Gasteiger partial charge in [0.05, 0.1) is 11.6 Å². The van der Waals surface area contributed by atoms with Crippen LogP contribution in [0.3, 0.4) is 0 Å². The second kappa shape index (κ2) is 7.56. The molecule has 2 aromatic carbocycles. The van der Waals surface area contributed by atoms with Gasteiger partial charge in [-0.3, -0.25) is 0 Å². The number of hydrogen-bond donors (Lipinski definition) is 1. The summed E-state index contributed by atoms with van der Waals surface area (Å²) < 4.78 is 19.8. The maximum Gasteiger partial charge on any atom is 0.341 e. The highest BCUT2D eigenvalue weighted by Crippen LogP contribution is 2.28. The third-order valence-corrected chi connectivity index (χ3v) is 3.40. The van der Waals surface area contributed by atoms with Crippen LogP contribution in [0, 0.1) is 17.1 Å². The number of hydrogen-bond acceptors (Lipinski definition) is 3. The minimum Gasteiger partial charge on any atom is -0.481 e. The van der Waals surface area contributed by atoms with E-state index in [0.717, 1.165) is 4.47 Å². The lowest BCUT2D eigenvalue weighted by atomic mass is 10.0. The summed E-state index contributed by atoms with van der Waals surface area (Å²) in [6.07, 6.45) is 1.46. The topological polar surface area (TPSA) is 70.3 Å². The fraction of sp³-hybridized carbons (Fsp3) is 0.0588. The van der Waals surface area contributed by atoms with Crippen molar-refractivity contribution in [2.24, 2.45) is 0 Å². The van der Waals surface area contributed by atoms with Gasteiger partial charge >= 0.3 is 5.97 Å². The lowest BCUT2D eigenvalue weighted by molar-refractivity contribution is -0.139. The molecule has 23 heavy (non-hydrogen) atoms. The van der Waals surface area contributed by atoms with E-state index >= 15 is 0 Å². The van der Waals surface area contributed by atoms with Crippen molar-refractivity contribution in [1.82, 2.24) is 0 Å². The van der Waals surface area contributed by atoms with E-state index in [1.54, 1.807) is 24.3 Å². The first-order chi connectivity index (χ1) is 11.0. The molecule has 0 bridgehead atoms. The third kappa shape index (κ3) is 4.41. The van der Waals surface area contributed by atoms with Crippen molar-refractivity contribution in [3.05, 3.63) is 63.9 Å². The Kier molecular flexibility index (Phi) is 5.50. The molecule has 0 spiro atoms. The molecular formula is C17H11BrFNO3. The number of carbonyl (C=O) groups is 1. The Bertz CT molecular complexity index is 812. The van der Waals surface area contributed by atoms with Gasteiger partial charge in [-0.1, -0.05) is 34.1 Å². The van der Waals surface area contributed by atoms with Gasteiger partial charge in [0.15, 0.2) is 6.61 Å². The molecule has 6 heteroatoms. The van der Waals surface area contributed by atoms with E-state index in [-0.39, 0.29) is 11.1 Å². The minimum absolute atomic E-state index is 0.112. The second-order valence-electron chi connectivity index (χ2n) is 4.51. The lowest BCUT2D eigenvalue weighted by Crippen LogP contribution is -2.10. The van der Waals surface area contributed by atoms with Crippen LogP contribution in [0.2, 0.25) is 0 Å². The number of benzene rings is 2. The molecule has 0 aliphatic heterocycles. The van der Waals surface area contributed by atoms with Crippen molar-refractivity contribution in [3.8, 4) is 11.8 Å². The summed E-state index contributed by atoms with van der Waals surface area (Å²) in [5.74, 6) is -1.33. The first-order valence-corrected chi connectivity index (χ1v) is 7.31. The molecule has 0 aliphatic rings. The third-order valence-electron chi connectivity index (χ3n) is 2.91. The quantitative estimate of drug-likeness (QED) is 0.630. The predicted molar refractivity (Wildman–Crippen MR) is 87.2 cm³/mol. The molecule has 0 aliphatic carbocycles. The van der Waals surface area contributed by atoms with Gasteiger partial charge in [-0.2, -0.15) is 5.26 Å². The molecule has 0 heterocycles. The molecule has 0 saturated carbocycles. The van der Waals surface area contributed by atoms with Gasteiger partial charge < -0.3 is 9.84 Å². The zero-order valence-corrected chi connectivity index (χ0v) is 13.4. The number of aliphatic carboxylic acids is 1. The summed E-state index contributed by atoms with van der Waals surface area (Å²) >= 11 is 3.30. The molecule has 2 aromatic rings.